The fraction of sp³-hybridized carbons (Fsp3) is 0.0769. The lowest BCUT2D eigenvalue weighted by Crippen LogP contribution is -1.97. The first-order valence-electron chi connectivity index (χ1n) is 6.35. The van der Waals surface area contributed by atoms with Gasteiger partial charge in [0.05, 0.1) is 10.5 Å². The zero-order chi connectivity index (χ0) is 16.4. The van der Waals surface area contributed by atoms with Crippen molar-refractivity contribution in [1.82, 2.24) is 24.7 Å². The number of halogens is 1. The second-order valence-electron chi connectivity index (χ2n) is 4.43. The molecule has 0 amide bonds. The summed E-state index contributed by atoms with van der Waals surface area (Å²) in [5, 5.41) is 19.3. The van der Waals surface area contributed by atoms with Gasteiger partial charge in [0, 0.05) is 7.05 Å². The highest BCUT2D eigenvalue weighted by molar-refractivity contribution is 7.99. The van der Waals surface area contributed by atoms with Gasteiger partial charge in [-0.2, -0.15) is 0 Å². The van der Waals surface area contributed by atoms with Crippen LogP contribution in [0.25, 0.3) is 11.4 Å². The molecule has 0 unspecified atom stereocenters. The first-order chi connectivity index (χ1) is 11.1. The highest BCUT2D eigenvalue weighted by Crippen LogP contribution is 2.27. The maximum absolute atomic E-state index is 13.8. The van der Waals surface area contributed by atoms with Crippen LogP contribution in [0, 0.1) is 15.9 Å². The standard InChI is InChI=1S/C13H9FN6O2S/c1-19-11(9-4-2-3-5-10(9)14)17-18-13(19)23-12-15-6-8(7-16-12)20(21)22/h2-7H,1H3. The maximum Gasteiger partial charge on any atom is 0.305 e. The second kappa shape index (κ2) is 6.08. The van der Waals surface area contributed by atoms with Gasteiger partial charge >= 0.3 is 5.69 Å². The van der Waals surface area contributed by atoms with Crippen LogP contribution in [0.4, 0.5) is 10.1 Å². The molecule has 0 fully saturated rings. The summed E-state index contributed by atoms with van der Waals surface area (Å²) in [6.07, 6.45) is 2.23. The van der Waals surface area contributed by atoms with Gasteiger partial charge in [0.25, 0.3) is 0 Å². The molecule has 0 atom stereocenters. The normalized spacial score (nSPS) is 10.7. The molecule has 116 valence electrons. The van der Waals surface area contributed by atoms with E-state index in [1.807, 2.05) is 0 Å². The zero-order valence-electron chi connectivity index (χ0n) is 11.8. The molecule has 0 saturated heterocycles. The summed E-state index contributed by atoms with van der Waals surface area (Å²) in [7, 11) is 1.69. The van der Waals surface area contributed by atoms with Crippen LogP contribution in [0.2, 0.25) is 0 Å². The third kappa shape index (κ3) is 3.01. The van der Waals surface area contributed by atoms with Gasteiger partial charge in [-0.3, -0.25) is 10.1 Å². The molecular weight excluding hydrogens is 323 g/mol. The predicted octanol–water partition coefficient (Wildman–Crippen LogP) is 2.47. The van der Waals surface area contributed by atoms with Crippen LogP contribution < -0.4 is 0 Å². The Balaban J connectivity index is 1.88. The Labute approximate surface area is 133 Å². The number of hydrogen-bond donors (Lipinski definition) is 0. The van der Waals surface area contributed by atoms with Crippen molar-refractivity contribution in [2.75, 3.05) is 0 Å². The quantitative estimate of drug-likeness (QED) is 0.411. The van der Waals surface area contributed by atoms with Crippen LogP contribution in [0.1, 0.15) is 0 Å². The molecule has 3 aromatic rings. The summed E-state index contributed by atoms with van der Waals surface area (Å²) in [5.41, 5.74) is 0.137. The molecule has 23 heavy (non-hydrogen) atoms. The fourth-order valence-electron chi connectivity index (χ4n) is 1.82. The third-order valence-electron chi connectivity index (χ3n) is 2.96. The van der Waals surface area contributed by atoms with Crippen LogP contribution in [0.15, 0.2) is 47.0 Å². The Morgan fingerprint density at radius 1 is 1.22 bits per heavy atom. The summed E-state index contributed by atoms with van der Waals surface area (Å²) in [5.74, 6) is -0.0290. The molecule has 3 rings (SSSR count). The van der Waals surface area contributed by atoms with Crippen LogP contribution >= 0.6 is 11.8 Å². The van der Waals surface area contributed by atoms with E-state index in [0.29, 0.717) is 16.5 Å². The molecule has 0 aliphatic heterocycles. The average molecular weight is 332 g/mol. The molecule has 0 aliphatic rings. The van der Waals surface area contributed by atoms with E-state index in [1.165, 1.54) is 6.07 Å². The number of aromatic nitrogens is 5. The third-order valence-corrected chi connectivity index (χ3v) is 3.89. The van der Waals surface area contributed by atoms with Crippen molar-refractivity contribution in [3.8, 4) is 11.4 Å². The maximum atomic E-state index is 13.8. The van der Waals surface area contributed by atoms with Crippen LogP contribution in [-0.2, 0) is 7.05 Å². The van der Waals surface area contributed by atoms with Gasteiger partial charge in [-0.15, -0.1) is 10.2 Å². The molecule has 8 nitrogen and oxygen atoms in total. The highest BCUT2D eigenvalue weighted by atomic mass is 32.2. The van der Waals surface area contributed by atoms with E-state index in [4.69, 9.17) is 0 Å². The van der Waals surface area contributed by atoms with Gasteiger partial charge < -0.3 is 4.57 Å². The van der Waals surface area contributed by atoms with E-state index >= 15 is 0 Å². The highest BCUT2D eigenvalue weighted by Gasteiger charge is 2.16. The Bertz CT molecular complexity index is 867. The minimum Gasteiger partial charge on any atom is -0.305 e. The molecule has 0 radical (unpaired) electrons. The summed E-state index contributed by atoms with van der Waals surface area (Å²) in [6, 6.07) is 6.25. The molecule has 2 aromatic heterocycles. The van der Waals surface area contributed by atoms with Gasteiger partial charge in [-0.05, 0) is 23.9 Å². The van der Waals surface area contributed by atoms with Gasteiger partial charge in [0.2, 0.25) is 0 Å². The summed E-state index contributed by atoms with van der Waals surface area (Å²) in [4.78, 5) is 17.8. The van der Waals surface area contributed by atoms with Crippen molar-refractivity contribution in [2.24, 2.45) is 7.05 Å². The lowest BCUT2D eigenvalue weighted by molar-refractivity contribution is -0.385. The summed E-state index contributed by atoms with van der Waals surface area (Å²) in [6.45, 7) is 0. The van der Waals surface area contributed by atoms with Crippen LogP contribution in [-0.4, -0.2) is 29.7 Å². The van der Waals surface area contributed by atoms with E-state index in [1.54, 1.807) is 29.8 Å². The van der Waals surface area contributed by atoms with Crippen molar-refractivity contribution in [3.05, 3.63) is 52.6 Å². The minimum atomic E-state index is -0.576. The molecule has 0 spiro atoms. The van der Waals surface area contributed by atoms with Crippen molar-refractivity contribution in [2.45, 2.75) is 10.3 Å². The van der Waals surface area contributed by atoms with Crippen molar-refractivity contribution >= 4 is 17.4 Å². The van der Waals surface area contributed by atoms with E-state index in [0.717, 1.165) is 24.2 Å². The van der Waals surface area contributed by atoms with Gasteiger partial charge in [0.1, 0.15) is 18.2 Å². The van der Waals surface area contributed by atoms with E-state index < -0.39 is 10.7 Å². The molecule has 0 saturated carbocycles. The zero-order valence-corrected chi connectivity index (χ0v) is 12.6. The monoisotopic (exact) mass is 332 g/mol. The molecule has 10 heteroatoms. The number of hydrogen-bond acceptors (Lipinski definition) is 7. The molecular formula is C13H9FN6O2S. The van der Waals surface area contributed by atoms with Gasteiger partial charge in [-0.1, -0.05) is 12.1 Å². The molecule has 0 aliphatic carbocycles. The van der Waals surface area contributed by atoms with Crippen molar-refractivity contribution in [1.29, 1.82) is 0 Å². The second-order valence-corrected chi connectivity index (χ2v) is 5.36. The molecule has 1 aromatic carbocycles. The molecule has 0 N–H and O–H groups in total. The predicted molar refractivity (Wildman–Crippen MR) is 79.2 cm³/mol. The lowest BCUT2D eigenvalue weighted by atomic mass is 10.2. The topological polar surface area (TPSA) is 99.6 Å². The minimum absolute atomic E-state index is 0.195. The number of nitrogens with zero attached hydrogens (tertiary/aromatic N) is 6. The Morgan fingerprint density at radius 3 is 2.57 bits per heavy atom. The fourth-order valence-corrected chi connectivity index (χ4v) is 2.50. The number of nitro groups is 1. The van der Waals surface area contributed by atoms with Crippen LogP contribution in [0.3, 0.4) is 0 Å². The Kier molecular flexibility index (Phi) is 3.98. The largest absolute Gasteiger partial charge is 0.305 e. The van der Waals surface area contributed by atoms with Gasteiger partial charge in [0.15, 0.2) is 16.1 Å². The number of benzene rings is 1. The van der Waals surface area contributed by atoms with E-state index in [9.17, 15) is 14.5 Å². The lowest BCUT2D eigenvalue weighted by Gasteiger charge is -2.04. The van der Waals surface area contributed by atoms with E-state index in [2.05, 4.69) is 20.2 Å². The van der Waals surface area contributed by atoms with E-state index in [-0.39, 0.29) is 10.8 Å². The Morgan fingerprint density at radius 2 is 1.91 bits per heavy atom. The first-order valence-corrected chi connectivity index (χ1v) is 7.16. The first kappa shape index (κ1) is 15.0. The SMILES string of the molecule is Cn1c(Sc2ncc([N+](=O)[O-])cn2)nnc1-c1ccccc1F. The summed E-state index contributed by atoms with van der Waals surface area (Å²) < 4.78 is 15.4. The average Bonchev–Trinajstić information content (AvgIpc) is 2.89. The molecule has 2 heterocycles. The summed E-state index contributed by atoms with van der Waals surface area (Å²) >= 11 is 1.08. The smallest absolute Gasteiger partial charge is 0.305 e. The Hall–Kier alpha value is -2.88. The molecule has 0 bridgehead atoms. The van der Waals surface area contributed by atoms with Crippen molar-refractivity contribution < 1.29 is 9.31 Å². The number of rotatable bonds is 4. The van der Waals surface area contributed by atoms with Crippen LogP contribution in [0.5, 0.6) is 0 Å². The van der Waals surface area contributed by atoms with Crippen molar-refractivity contribution in [3.63, 3.8) is 0 Å². The van der Waals surface area contributed by atoms with Gasteiger partial charge in [-0.25, -0.2) is 14.4 Å².